The van der Waals surface area contributed by atoms with Crippen LogP contribution in [0.25, 0.3) is 5.82 Å². The van der Waals surface area contributed by atoms with Crippen LogP contribution in [0.2, 0.25) is 5.28 Å². The molecule has 3 aliphatic rings. The third-order valence-electron chi connectivity index (χ3n) is 5.16. The molecule has 2 aromatic rings. The Bertz CT molecular complexity index is 726. The summed E-state index contributed by atoms with van der Waals surface area (Å²) in [7, 11) is 0. The summed E-state index contributed by atoms with van der Waals surface area (Å²) in [5.41, 5.74) is 2.65. The normalized spacial score (nSPS) is 25.5. The van der Waals surface area contributed by atoms with Gasteiger partial charge in [0.2, 0.25) is 5.28 Å². The fourth-order valence-electron chi connectivity index (χ4n) is 3.92. The minimum Gasteiger partial charge on any atom is -0.342 e. The van der Waals surface area contributed by atoms with Gasteiger partial charge < -0.3 is 9.40 Å². The molecule has 0 amide bonds. The summed E-state index contributed by atoms with van der Waals surface area (Å²) in [5.74, 6) is 1.94. The van der Waals surface area contributed by atoms with E-state index in [1.54, 1.807) is 10.6 Å². The highest BCUT2D eigenvalue weighted by atomic mass is 35.5. The van der Waals surface area contributed by atoms with E-state index in [1.165, 1.54) is 12.8 Å². The summed E-state index contributed by atoms with van der Waals surface area (Å²) in [6, 6.07) is 5.47. The molecule has 24 heavy (non-hydrogen) atoms. The van der Waals surface area contributed by atoms with Gasteiger partial charge in [0, 0.05) is 18.5 Å². The Morgan fingerprint density at radius 1 is 1.21 bits per heavy atom. The molecular weight excluding hydrogens is 328 g/mol. The van der Waals surface area contributed by atoms with E-state index in [0.29, 0.717) is 23.5 Å². The zero-order chi connectivity index (χ0) is 16.5. The van der Waals surface area contributed by atoms with E-state index < -0.39 is 0 Å². The lowest BCUT2D eigenvalue weighted by molar-refractivity contribution is -0.151. The zero-order valence-electron chi connectivity index (χ0n) is 13.2. The number of fused-ring (bicyclic) bond motifs is 3. The van der Waals surface area contributed by atoms with Gasteiger partial charge in [-0.05, 0) is 54.8 Å². The number of carbonyl (C=O) groups excluding carboxylic acids is 1. The van der Waals surface area contributed by atoms with Crippen LogP contribution in [-0.4, -0.2) is 20.5 Å². The predicted molar refractivity (Wildman–Crippen MR) is 89.6 cm³/mol. The van der Waals surface area contributed by atoms with Crippen LogP contribution >= 0.6 is 11.6 Å². The number of hydrogen-bond donors (Lipinski definition) is 1. The molecule has 1 N–H and O–H groups in total. The third-order valence-corrected chi connectivity index (χ3v) is 5.33. The fraction of sp³-hybridized carbons (Fsp3) is 0.471. The lowest BCUT2D eigenvalue weighted by Crippen LogP contribution is -2.37. The lowest BCUT2D eigenvalue weighted by Gasteiger charge is -2.40. The van der Waals surface area contributed by atoms with Crippen molar-refractivity contribution in [3.05, 3.63) is 35.9 Å². The monoisotopic (exact) mass is 346 g/mol. The highest BCUT2D eigenvalue weighted by Crippen LogP contribution is 2.45. The molecule has 3 saturated carbocycles. The summed E-state index contributed by atoms with van der Waals surface area (Å²) < 4.78 is 1.81. The highest BCUT2D eigenvalue weighted by molar-refractivity contribution is 6.28. The molecule has 1 unspecified atom stereocenters. The van der Waals surface area contributed by atoms with Crippen LogP contribution in [0.5, 0.6) is 0 Å². The van der Waals surface area contributed by atoms with Gasteiger partial charge in [-0.25, -0.2) is 10.3 Å². The first-order valence-electron chi connectivity index (χ1n) is 8.33. The SMILES string of the molecule is O=C(ONc1cc(-n2cccc2)nc(Cl)n1)C1CC2CCC1CC2. The van der Waals surface area contributed by atoms with Crippen molar-refractivity contribution in [3.8, 4) is 5.82 Å². The van der Waals surface area contributed by atoms with Crippen LogP contribution in [0, 0.1) is 17.8 Å². The number of rotatable bonds is 4. The average molecular weight is 347 g/mol. The maximum atomic E-state index is 12.4. The molecular formula is C17H19ClN4O2. The largest absolute Gasteiger partial charge is 0.342 e. The fourth-order valence-corrected chi connectivity index (χ4v) is 4.10. The maximum Gasteiger partial charge on any atom is 0.335 e. The van der Waals surface area contributed by atoms with Crippen molar-refractivity contribution in [2.24, 2.45) is 17.8 Å². The van der Waals surface area contributed by atoms with Crippen LogP contribution in [0.15, 0.2) is 30.6 Å². The first-order valence-corrected chi connectivity index (χ1v) is 8.71. The molecule has 3 fully saturated rings. The first-order chi connectivity index (χ1) is 11.7. The lowest BCUT2D eigenvalue weighted by atomic mass is 9.65. The molecule has 0 saturated heterocycles. The number of nitrogens with zero attached hydrogens (tertiary/aromatic N) is 3. The van der Waals surface area contributed by atoms with Crippen molar-refractivity contribution >= 4 is 23.4 Å². The molecule has 3 aliphatic carbocycles. The van der Waals surface area contributed by atoms with E-state index in [9.17, 15) is 4.79 Å². The summed E-state index contributed by atoms with van der Waals surface area (Å²) in [6.45, 7) is 0. The van der Waals surface area contributed by atoms with Crippen molar-refractivity contribution in [1.29, 1.82) is 0 Å². The predicted octanol–water partition coefficient (Wildman–Crippen LogP) is 3.62. The average Bonchev–Trinajstić information content (AvgIpc) is 3.15. The third kappa shape index (κ3) is 3.11. The van der Waals surface area contributed by atoms with Crippen LogP contribution in [0.3, 0.4) is 0 Å². The van der Waals surface area contributed by atoms with Crippen LogP contribution in [0.1, 0.15) is 32.1 Å². The van der Waals surface area contributed by atoms with Crippen molar-refractivity contribution in [3.63, 3.8) is 0 Å². The van der Waals surface area contributed by atoms with Gasteiger partial charge >= 0.3 is 5.97 Å². The molecule has 7 heteroatoms. The minimum absolute atomic E-state index is 0.00577. The van der Waals surface area contributed by atoms with Gasteiger partial charge in [0.25, 0.3) is 0 Å². The number of anilines is 1. The number of nitrogens with one attached hydrogen (secondary N) is 1. The molecule has 2 bridgehead atoms. The molecule has 1 atom stereocenters. The van der Waals surface area contributed by atoms with Crippen molar-refractivity contribution in [2.75, 3.05) is 5.48 Å². The van der Waals surface area contributed by atoms with Crippen LogP contribution in [-0.2, 0) is 9.63 Å². The van der Waals surface area contributed by atoms with Crippen molar-refractivity contribution in [2.45, 2.75) is 32.1 Å². The molecule has 0 spiro atoms. The second-order valence-corrected chi connectivity index (χ2v) is 6.95. The number of carbonyl (C=O) groups is 1. The smallest absolute Gasteiger partial charge is 0.335 e. The van der Waals surface area contributed by atoms with Crippen molar-refractivity contribution in [1.82, 2.24) is 14.5 Å². The van der Waals surface area contributed by atoms with E-state index in [2.05, 4.69) is 15.4 Å². The minimum atomic E-state index is -0.193. The first kappa shape index (κ1) is 15.4. The topological polar surface area (TPSA) is 69.0 Å². The van der Waals surface area contributed by atoms with Gasteiger partial charge in [-0.15, -0.1) is 0 Å². The number of halogens is 1. The standard InChI is InChI=1S/C17H19ClN4O2/c18-17-19-14(10-15(20-17)22-7-1-2-8-22)21-24-16(23)13-9-11-3-5-12(13)6-4-11/h1-2,7-8,10-13H,3-6,9H2,(H,19,20,21). The molecule has 2 heterocycles. The Morgan fingerprint density at radius 3 is 2.62 bits per heavy atom. The quantitative estimate of drug-likeness (QED) is 0.676. The number of hydrogen-bond acceptors (Lipinski definition) is 5. The summed E-state index contributed by atoms with van der Waals surface area (Å²) in [6.07, 6.45) is 9.45. The van der Waals surface area contributed by atoms with Gasteiger partial charge in [0.15, 0.2) is 5.82 Å². The molecule has 5 rings (SSSR count). The van der Waals surface area contributed by atoms with Gasteiger partial charge in [0.05, 0.1) is 5.92 Å². The summed E-state index contributed by atoms with van der Waals surface area (Å²) in [4.78, 5) is 25.9. The van der Waals surface area contributed by atoms with Gasteiger partial charge in [-0.1, -0.05) is 12.8 Å². The van der Waals surface area contributed by atoms with Crippen LogP contribution in [0.4, 0.5) is 5.82 Å². The van der Waals surface area contributed by atoms with E-state index in [0.717, 1.165) is 19.3 Å². The highest BCUT2D eigenvalue weighted by Gasteiger charge is 2.40. The second-order valence-electron chi connectivity index (χ2n) is 6.62. The van der Waals surface area contributed by atoms with E-state index in [4.69, 9.17) is 16.4 Å². The molecule has 0 aliphatic heterocycles. The van der Waals surface area contributed by atoms with Crippen molar-refractivity contribution < 1.29 is 9.63 Å². The molecule has 0 aromatic carbocycles. The van der Waals surface area contributed by atoms with E-state index in [1.807, 2.05) is 24.5 Å². The Hall–Kier alpha value is -2.08. The summed E-state index contributed by atoms with van der Waals surface area (Å²) in [5, 5.41) is 0.0940. The Kier molecular flexibility index (Phi) is 4.14. The Balaban J connectivity index is 1.43. The Morgan fingerprint density at radius 2 is 1.96 bits per heavy atom. The van der Waals surface area contributed by atoms with Gasteiger partial charge in [-0.2, -0.15) is 9.97 Å². The summed E-state index contributed by atoms with van der Waals surface area (Å²) >= 11 is 5.97. The zero-order valence-corrected chi connectivity index (χ0v) is 13.9. The van der Waals surface area contributed by atoms with E-state index in [-0.39, 0.29) is 17.2 Å². The Labute approximate surface area is 145 Å². The van der Waals surface area contributed by atoms with Gasteiger partial charge in [0.1, 0.15) is 5.82 Å². The molecule has 0 radical (unpaired) electrons. The van der Waals surface area contributed by atoms with Crippen LogP contribution < -0.4 is 5.48 Å². The maximum absolute atomic E-state index is 12.4. The van der Waals surface area contributed by atoms with Gasteiger partial charge in [-0.3, -0.25) is 0 Å². The molecule has 6 nitrogen and oxygen atoms in total. The second kappa shape index (κ2) is 6.43. The molecule has 2 aromatic heterocycles. The van der Waals surface area contributed by atoms with E-state index >= 15 is 0 Å². The number of aromatic nitrogens is 3. The molecule has 126 valence electrons.